The second-order valence-corrected chi connectivity index (χ2v) is 8.18. The molecule has 0 aromatic heterocycles. The highest BCUT2D eigenvalue weighted by molar-refractivity contribution is 9.10. The lowest BCUT2D eigenvalue weighted by Gasteiger charge is -2.36. The van der Waals surface area contributed by atoms with Crippen molar-refractivity contribution in [1.29, 1.82) is 0 Å². The second kappa shape index (κ2) is 8.07. The summed E-state index contributed by atoms with van der Waals surface area (Å²) < 4.78 is 52.0. The Hall–Kier alpha value is -2.33. The first-order valence-electron chi connectivity index (χ1n) is 9.40. The Balaban J connectivity index is 1.30. The predicted octanol–water partition coefficient (Wildman–Crippen LogP) is 4.11. The highest BCUT2D eigenvalue weighted by atomic mass is 79.9. The SMILES string of the molecule is O=C(C1Nc2cc(F)c(Br)cc2N1)N1CCN(Cc2ccc(C(F)(F)F)cc2)CC1. The molecule has 1 atom stereocenters. The van der Waals surface area contributed by atoms with Crippen LogP contribution in [0.15, 0.2) is 40.9 Å². The molecule has 1 amide bonds. The molecule has 10 heteroatoms. The average molecular weight is 487 g/mol. The number of alkyl halides is 3. The van der Waals surface area contributed by atoms with Gasteiger partial charge in [-0.05, 0) is 39.7 Å². The maximum atomic E-state index is 13.7. The van der Waals surface area contributed by atoms with Gasteiger partial charge in [-0.2, -0.15) is 13.2 Å². The van der Waals surface area contributed by atoms with Gasteiger partial charge in [-0.25, -0.2) is 4.39 Å². The molecule has 0 radical (unpaired) electrons. The zero-order chi connectivity index (χ0) is 21.5. The highest BCUT2D eigenvalue weighted by Crippen LogP contribution is 2.34. The van der Waals surface area contributed by atoms with E-state index in [1.165, 1.54) is 18.2 Å². The van der Waals surface area contributed by atoms with Crippen molar-refractivity contribution in [3.8, 4) is 0 Å². The Morgan fingerprint density at radius 3 is 2.23 bits per heavy atom. The highest BCUT2D eigenvalue weighted by Gasteiger charge is 2.32. The molecule has 0 bridgehead atoms. The summed E-state index contributed by atoms with van der Waals surface area (Å²) in [6, 6.07) is 8.08. The Morgan fingerprint density at radius 2 is 1.63 bits per heavy atom. The lowest BCUT2D eigenvalue weighted by molar-refractivity contribution is -0.137. The van der Waals surface area contributed by atoms with Crippen LogP contribution in [0.4, 0.5) is 28.9 Å². The molecule has 2 N–H and O–H groups in total. The number of carbonyl (C=O) groups is 1. The second-order valence-electron chi connectivity index (χ2n) is 7.33. The molecule has 5 nitrogen and oxygen atoms in total. The van der Waals surface area contributed by atoms with E-state index in [1.54, 1.807) is 11.0 Å². The van der Waals surface area contributed by atoms with Gasteiger partial charge in [-0.1, -0.05) is 12.1 Å². The van der Waals surface area contributed by atoms with E-state index in [0.29, 0.717) is 48.6 Å². The van der Waals surface area contributed by atoms with Gasteiger partial charge in [-0.15, -0.1) is 0 Å². The number of halogens is 5. The monoisotopic (exact) mass is 486 g/mol. The number of hydrogen-bond acceptors (Lipinski definition) is 4. The number of nitrogens with one attached hydrogen (secondary N) is 2. The van der Waals surface area contributed by atoms with Crippen molar-refractivity contribution in [2.24, 2.45) is 0 Å². The molecule has 2 aromatic rings. The largest absolute Gasteiger partial charge is 0.416 e. The molecule has 1 unspecified atom stereocenters. The van der Waals surface area contributed by atoms with Crippen LogP contribution in [0, 0.1) is 5.82 Å². The number of benzene rings is 2. The van der Waals surface area contributed by atoms with E-state index >= 15 is 0 Å². The molecule has 4 rings (SSSR count). The lowest BCUT2D eigenvalue weighted by Crippen LogP contribution is -2.53. The predicted molar refractivity (Wildman–Crippen MR) is 108 cm³/mol. The maximum Gasteiger partial charge on any atom is 0.416 e. The van der Waals surface area contributed by atoms with E-state index in [-0.39, 0.29) is 5.91 Å². The van der Waals surface area contributed by atoms with Gasteiger partial charge >= 0.3 is 6.18 Å². The first-order valence-corrected chi connectivity index (χ1v) is 10.2. The normalized spacial score (nSPS) is 19.2. The van der Waals surface area contributed by atoms with Gasteiger partial charge in [0, 0.05) is 38.8 Å². The van der Waals surface area contributed by atoms with Gasteiger partial charge in [-0.3, -0.25) is 9.69 Å². The molecule has 2 aromatic carbocycles. The summed E-state index contributed by atoms with van der Waals surface area (Å²) in [6.07, 6.45) is -5.00. The van der Waals surface area contributed by atoms with Gasteiger partial charge in [0.15, 0.2) is 6.17 Å². The first-order chi connectivity index (χ1) is 14.2. The number of rotatable bonds is 3. The standard InChI is InChI=1S/C20H19BrF4N4O/c21-14-9-16-17(10-15(14)22)27-18(26-16)19(30)29-7-5-28(6-8-29)11-12-1-3-13(4-2-12)20(23,24)25/h1-4,9-10,18,26-27H,5-8,11H2. The van der Waals surface area contributed by atoms with Gasteiger partial charge in [0.1, 0.15) is 5.82 Å². The fourth-order valence-corrected chi connectivity index (χ4v) is 3.97. The summed E-state index contributed by atoms with van der Waals surface area (Å²) >= 11 is 3.13. The number of amides is 1. The van der Waals surface area contributed by atoms with Crippen LogP contribution in [0.3, 0.4) is 0 Å². The van der Waals surface area contributed by atoms with Crippen LogP contribution in [0.2, 0.25) is 0 Å². The summed E-state index contributed by atoms with van der Waals surface area (Å²) in [5, 5.41) is 6.06. The summed E-state index contributed by atoms with van der Waals surface area (Å²) in [5.74, 6) is -0.537. The third-order valence-corrected chi connectivity index (χ3v) is 5.89. The molecule has 0 spiro atoms. The van der Waals surface area contributed by atoms with Gasteiger partial charge < -0.3 is 15.5 Å². The Morgan fingerprint density at radius 1 is 1.03 bits per heavy atom. The van der Waals surface area contributed by atoms with Crippen molar-refractivity contribution in [3.63, 3.8) is 0 Å². The number of piperazine rings is 1. The molecule has 2 heterocycles. The molecule has 2 aliphatic rings. The lowest BCUT2D eigenvalue weighted by atomic mass is 10.1. The van der Waals surface area contributed by atoms with Crippen molar-refractivity contribution in [1.82, 2.24) is 9.80 Å². The zero-order valence-electron chi connectivity index (χ0n) is 15.8. The van der Waals surface area contributed by atoms with E-state index in [0.717, 1.165) is 17.7 Å². The van der Waals surface area contributed by atoms with E-state index in [9.17, 15) is 22.4 Å². The Kier molecular flexibility index (Phi) is 5.63. The number of nitrogens with zero attached hydrogens (tertiary/aromatic N) is 2. The Bertz CT molecular complexity index is 912. The molecular weight excluding hydrogens is 468 g/mol. The molecule has 1 saturated heterocycles. The average Bonchev–Trinajstić information content (AvgIpc) is 3.11. The fourth-order valence-electron chi connectivity index (χ4n) is 3.62. The third-order valence-electron chi connectivity index (χ3n) is 5.28. The van der Waals surface area contributed by atoms with Crippen molar-refractivity contribution < 1.29 is 22.4 Å². The van der Waals surface area contributed by atoms with E-state index in [1.807, 2.05) is 0 Å². The van der Waals surface area contributed by atoms with Crippen molar-refractivity contribution in [2.75, 3.05) is 36.8 Å². The summed E-state index contributed by atoms with van der Waals surface area (Å²) in [4.78, 5) is 16.6. The number of hydrogen-bond donors (Lipinski definition) is 2. The maximum absolute atomic E-state index is 13.7. The van der Waals surface area contributed by atoms with Crippen LogP contribution in [0.25, 0.3) is 0 Å². The molecule has 0 aliphatic carbocycles. The minimum Gasteiger partial charge on any atom is -0.356 e. The molecular formula is C20H19BrF4N4O. The van der Waals surface area contributed by atoms with Crippen LogP contribution < -0.4 is 10.6 Å². The first kappa shape index (κ1) is 20.9. The van der Waals surface area contributed by atoms with Crippen molar-refractivity contribution in [3.05, 3.63) is 57.8 Å². The van der Waals surface area contributed by atoms with Crippen LogP contribution >= 0.6 is 15.9 Å². The van der Waals surface area contributed by atoms with Gasteiger partial charge in [0.25, 0.3) is 5.91 Å². The summed E-state index contributed by atoms with van der Waals surface area (Å²) in [5.41, 5.74) is 1.33. The molecule has 1 fully saturated rings. The molecule has 2 aliphatic heterocycles. The van der Waals surface area contributed by atoms with Crippen molar-refractivity contribution in [2.45, 2.75) is 18.9 Å². The van der Waals surface area contributed by atoms with Gasteiger partial charge in [0.2, 0.25) is 0 Å². The Labute approximate surface area is 179 Å². The quantitative estimate of drug-likeness (QED) is 0.640. The number of anilines is 2. The number of fused-ring (bicyclic) bond motifs is 1. The van der Waals surface area contributed by atoms with Crippen LogP contribution in [-0.2, 0) is 17.5 Å². The fraction of sp³-hybridized carbons (Fsp3) is 0.350. The third kappa shape index (κ3) is 4.39. The van der Waals surface area contributed by atoms with E-state index in [4.69, 9.17) is 0 Å². The molecule has 0 saturated carbocycles. The molecule has 30 heavy (non-hydrogen) atoms. The summed E-state index contributed by atoms with van der Waals surface area (Å²) in [6.45, 7) is 2.78. The minimum atomic E-state index is -4.34. The van der Waals surface area contributed by atoms with E-state index < -0.39 is 23.7 Å². The smallest absolute Gasteiger partial charge is 0.356 e. The summed E-state index contributed by atoms with van der Waals surface area (Å²) in [7, 11) is 0. The van der Waals surface area contributed by atoms with Crippen LogP contribution in [0.1, 0.15) is 11.1 Å². The van der Waals surface area contributed by atoms with Crippen LogP contribution in [-0.4, -0.2) is 48.1 Å². The van der Waals surface area contributed by atoms with Crippen molar-refractivity contribution >= 4 is 33.2 Å². The van der Waals surface area contributed by atoms with Gasteiger partial charge in [0.05, 0.1) is 21.4 Å². The van der Waals surface area contributed by atoms with E-state index in [2.05, 4.69) is 31.5 Å². The minimum absolute atomic E-state index is 0.128. The zero-order valence-corrected chi connectivity index (χ0v) is 17.4. The van der Waals surface area contributed by atoms with Crippen LogP contribution in [0.5, 0.6) is 0 Å². The topological polar surface area (TPSA) is 47.6 Å². The molecule has 160 valence electrons. The number of carbonyl (C=O) groups excluding carboxylic acids is 1.